The lowest BCUT2D eigenvalue weighted by molar-refractivity contribution is 0.0565. The van der Waals surface area contributed by atoms with E-state index in [0.29, 0.717) is 12.8 Å². The molecule has 0 aromatic heterocycles. The second-order valence-electron chi connectivity index (χ2n) is 3.77. The minimum Gasteiger partial charge on any atom is -0.393 e. The fourth-order valence-corrected chi connectivity index (χ4v) is 1.46. The fraction of sp³-hybridized carbons (Fsp3) is 0.500. The van der Waals surface area contributed by atoms with E-state index in [1.165, 1.54) is 12.1 Å². The van der Waals surface area contributed by atoms with Crippen LogP contribution in [0, 0.1) is 5.82 Å². The van der Waals surface area contributed by atoms with Gasteiger partial charge < -0.3 is 9.84 Å². The zero-order valence-corrected chi connectivity index (χ0v) is 9.11. The van der Waals surface area contributed by atoms with E-state index in [2.05, 4.69) is 0 Å². The Bertz CT molecular complexity index is 284. The molecule has 1 rings (SSSR count). The molecular weight excluding hydrogens is 195 g/mol. The summed E-state index contributed by atoms with van der Waals surface area (Å²) in [6.07, 6.45) is 0.729. The average molecular weight is 212 g/mol. The average Bonchev–Trinajstić information content (AvgIpc) is 2.21. The van der Waals surface area contributed by atoms with Gasteiger partial charge in [-0.3, -0.25) is 0 Å². The first-order valence-electron chi connectivity index (χ1n) is 5.07. The molecule has 2 nitrogen and oxygen atoms in total. The number of ether oxygens (including phenoxy) is 1. The number of benzene rings is 1. The topological polar surface area (TPSA) is 29.5 Å². The van der Waals surface area contributed by atoms with Crippen LogP contribution in [0.15, 0.2) is 24.3 Å². The summed E-state index contributed by atoms with van der Waals surface area (Å²) in [5, 5.41) is 9.70. The zero-order chi connectivity index (χ0) is 11.3. The van der Waals surface area contributed by atoms with E-state index in [0.717, 1.165) is 5.56 Å². The first kappa shape index (κ1) is 12.1. The summed E-state index contributed by atoms with van der Waals surface area (Å²) in [6.45, 7) is 1.91. The van der Waals surface area contributed by atoms with E-state index in [9.17, 15) is 9.50 Å². The molecule has 1 N–H and O–H groups in total. The van der Waals surface area contributed by atoms with Crippen LogP contribution >= 0.6 is 0 Å². The highest BCUT2D eigenvalue weighted by Crippen LogP contribution is 2.10. The van der Waals surface area contributed by atoms with Crippen LogP contribution in [0.1, 0.15) is 18.9 Å². The van der Waals surface area contributed by atoms with Crippen molar-refractivity contribution in [3.63, 3.8) is 0 Å². The summed E-state index contributed by atoms with van der Waals surface area (Å²) in [7, 11) is 1.62. The van der Waals surface area contributed by atoms with Crippen molar-refractivity contribution in [2.24, 2.45) is 0 Å². The van der Waals surface area contributed by atoms with Gasteiger partial charge in [0.25, 0.3) is 0 Å². The Morgan fingerprint density at radius 2 is 1.93 bits per heavy atom. The molecule has 3 heteroatoms. The molecule has 2 atom stereocenters. The van der Waals surface area contributed by atoms with Gasteiger partial charge in [-0.15, -0.1) is 0 Å². The van der Waals surface area contributed by atoms with Crippen LogP contribution in [-0.4, -0.2) is 24.4 Å². The van der Waals surface area contributed by atoms with Crippen molar-refractivity contribution in [3.8, 4) is 0 Å². The van der Waals surface area contributed by atoms with Gasteiger partial charge >= 0.3 is 0 Å². The van der Waals surface area contributed by atoms with Crippen LogP contribution in [0.25, 0.3) is 0 Å². The second kappa shape index (κ2) is 5.83. The molecule has 0 fully saturated rings. The maximum atomic E-state index is 12.6. The first-order valence-corrected chi connectivity index (χ1v) is 5.07. The number of halogens is 1. The van der Waals surface area contributed by atoms with E-state index in [4.69, 9.17) is 4.74 Å². The van der Waals surface area contributed by atoms with Gasteiger partial charge in [-0.25, -0.2) is 4.39 Å². The number of hydrogen-bond donors (Lipinski definition) is 1. The van der Waals surface area contributed by atoms with E-state index >= 15 is 0 Å². The lowest BCUT2D eigenvalue weighted by Crippen LogP contribution is -2.18. The van der Waals surface area contributed by atoms with Crippen molar-refractivity contribution in [3.05, 3.63) is 35.6 Å². The summed E-state index contributed by atoms with van der Waals surface area (Å²) < 4.78 is 17.7. The van der Waals surface area contributed by atoms with Gasteiger partial charge in [0.2, 0.25) is 0 Å². The highest BCUT2D eigenvalue weighted by atomic mass is 19.1. The summed E-state index contributed by atoms with van der Waals surface area (Å²) in [5.41, 5.74) is 0.937. The maximum Gasteiger partial charge on any atom is 0.123 e. The molecule has 1 aromatic rings. The molecule has 1 aromatic carbocycles. The Kier molecular flexibility index (Phi) is 4.72. The minimum absolute atomic E-state index is 0.0421. The summed E-state index contributed by atoms with van der Waals surface area (Å²) in [4.78, 5) is 0. The van der Waals surface area contributed by atoms with Crippen LogP contribution in [0.5, 0.6) is 0 Å². The van der Waals surface area contributed by atoms with Gasteiger partial charge in [0.05, 0.1) is 12.2 Å². The van der Waals surface area contributed by atoms with Crippen molar-refractivity contribution in [1.82, 2.24) is 0 Å². The molecule has 0 bridgehead atoms. The molecule has 0 radical (unpaired) electrons. The largest absolute Gasteiger partial charge is 0.393 e. The summed E-state index contributed by atoms with van der Waals surface area (Å²) >= 11 is 0. The number of aliphatic hydroxyl groups is 1. The highest BCUT2D eigenvalue weighted by molar-refractivity contribution is 5.16. The number of methoxy groups -OCH3 is 1. The molecule has 0 amide bonds. The van der Waals surface area contributed by atoms with Crippen LogP contribution in [0.2, 0.25) is 0 Å². The standard InChI is InChI=1S/C12H17FO2/c1-9(15-2)7-12(14)8-10-3-5-11(13)6-4-10/h3-6,9,12,14H,7-8H2,1-2H3. The number of hydrogen-bond acceptors (Lipinski definition) is 2. The molecule has 0 spiro atoms. The summed E-state index contributed by atoms with van der Waals surface area (Å²) in [6, 6.07) is 6.19. The Balaban J connectivity index is 2.44. The van der Waals surface area contributed by atoms with Crippen LogP contribution < -0.4 is 0 Å². The van der Waals surface area contributed by atoms with Crippen molar-refractivity contribution in [1.29, 1.82) is 0 Å². The third-order valence-corrected chi connectivity index (χ3v) is 2.39. The lowest BCUT2D eigenvalue weighted by atomic mass is 10.0. The molecule has 0 aliphatic rings. The van der Waals surface area contributed by atoms with Crippen LogP contribution in [-0.2, 0) is 11.2 Å². The molecule has 15 heavy (non-hydrogen) atoms. The molecule has 2 unspecified atom stereocenters. The zero-order valence-electron chi connectivity index (χ0n) is 9.11. The maximum absolute atomic E-state index is 12.6. The molecule has 0 aliphatic heterocycles. The Labute approximate surface area is 89.7 Å². The highest BCUT2D eigenvalue weighted by Gasteiger charge is 2.10. The van der Waals surface area contributed by atoms with Gasteiger partial charge in [0.15, 0.2) is 0 Å². The fourth-order valence-electron chi connectivity index (χ4n) is 1.46. The van der Waals surface area contributed by atoms with E-state index in [1.807, 2.05) is 6.92 Å². The number of rotatable bonds is 5. The van der Waals surface area contributed by atoms with Crippen LogP contribution in [0.4, 0.5) is 4.39 Å². The Morgan fingerprint density at radius 3 is 2.47 bits per heavy atom. The predicted molar refractivity (Wildman–Crippen MR) is 57.2 cm³/mol. The monoisotopic (exact) mass is 212 g/mol. The lowest BCUT2D eigenvalue weighted by Gasteiger charge is -2.15. The molecule has 0 heterocycles. The van der Waals surface area contributed by atoms with Crippen LogP contribution in [0.3, 0.4) is 0 Å². The predicted octanol–water partition coefficient (Wildman–Crippen LogP) is 2.15. The van der Waals surface area contributed by atoms with Crippen molar-refractivity contribution in [2.45, 2.75) is 32.0 Å². The molecule has 0 aliphatic carbocycles. The van der Waals surface area contributed by atoms with Crippen molar-refractivity contribution >= 4 is 0 Å². The van der Waals surface area contributed by atoms with E-state index in [1.54, 1.807) is 19.2 Å². The molecule has 0 saturated heterocycles. The van der Waals surface area contributed by atoms with Gasteiger partial charge in [0, 0.05) is 7.11 Å². The van der Waals surface area contributed by atoms with Crippen molar-refractivity contribution < 1.29 is 14.2 Å². The Morgan fingerprint density at radius 1 is 1.33 bits per heavy atom. The summed E-state index contributed by atoms with van der Waals surface area (Å²) in [5.74, 6) is -0.251. The van der Waals surface area contributed by atoms with Gasteiger partial charge in [0.1, 0.15) is 5.82 Å². The van der Waals surface area contributed by atoms with Crippen molar-refractivity contribution in [2.75, 3.05) is 7.11 Å². The van der Waals surface area contributed by atoms with E-state index < -0.39 is 6.10 Å². The normalized spacial score (nSPS) is 14.9. The SMILES string of the molecule is COC(C)CC(O)Cc1ccc(F)cc1. The van der Waals surface area contributed by atoms with Gasteiger partial charge in [-0.05, 0) is 37.5 Å². The Hall–Kier alpha value is -0.930. The third kappa shape index (κ3) is 4.40. The number of aliphatic hydroxyl groups excluding tert-OH is 1. The second-order valence-corrected chi connectivity index (χ2v) is 3.77. The van der Waals surface area contributed by atoms with E-state index in [-0.39, 0.29) is 11.9 Å². The van der Waals surface area contributed by atoms with Gasteiger partial charge in [-0.2, -0.15) is 0 Å². The third-order valence-electron chi connectivity index (χ3n) is 2.39. The molecular formula is C12H17FO2. The van der Waals surface area contributed by atoms with Gasteiger partial charge in [-0.1, -0.05) is 12.1 Å². The molecule has 0 saturated carbocycles. The minimum atomic E-state index is -0.439. The quantitative estimate of drug-likeness (QED) is 0.810. The molecule has 84 valence electrons. The smallest absolute Gasteiger partial charge is 0.123 e. The first-order chi connectivity index (χ1) is 7.11.